The van der Waals surface area contributed by atoms with Gasteiger partial charge in [0.2, 0.25) is 0 Å². The minimum Gasteiger partial charge on any atom is -0.359 e. The van der Waals surface area contributed by atoms with E-state index in [1.165, 1.54) is 0 Å². The van der Waals surface area contributed by atoms with Crippen LogP contribution in [0.3, 0.4) is 0 Å². The predicted octanol–water partition coefficient (Wildman–Crippen LogP) is 2.02. The van der Waals surface area contributed by atoms with Crippen molar-refractivity contribution in [1.29, 1.82) is 0 Å². The molecule has 0 radical (unpaired) electrons. The number of nitrogens with one attached hydrogen (secondary N) is 1. The van der Waals surface area contributed by atoms with Crippen LogP contribution < -0.4 is 5.32 Å². The van der Waals surface area contributed by atoms with Gasteiger partial charge < -0.3 is 9.84 Å². The first-order valence-corrected chi connectivity index (χ1v) is 4.52. The van der Waals surface area contributed by atoms with Crippen LogP contribution in [0.25, 0.3) is 0 Å². The summed E-state index contributed by atoms with van der Waals surface area (Å²) in [5.74, 6) is 0.962. The Bertz CT molecular complexity index is 292. The van der Waals surface area contributed by atoms with Gasteiger partial charge in [-0.15, -0.1) is 12.4 Å². The smallest absolute Gasteiger partial charge is 0.153 e. The average molecular weight is 221 g/mol. The molecule has 5 heteroatoms. The highest BCUT2D eigenvalue weighted by Gasteiger charge is 2.27. The standard InChI is InChI=1S/C9H13FN2O.ClH/c1-6-2-9(13-12-6)8-3-7(4-10)5-11-8;/h2,7-8,11H,3-5H2,1H3;1H. The van der Waals surface area contributed by atoms with Crippen molar-refractivity contribution >= 4 is 12.4 Å². The van der Waals surface area contributed by atoms with Gasteiger partial charge in [-0.3, -0.25) is 4.39 Å². The molecule has 80 valence electrons. The maximum atomic E-state index is 12.3. The lowest BCUT2D eigenvalue weighted by atomic mass is 10.1. The Morgan fingerprint density at radius 3 is 3.00 bits per heavy atom. The van der Waals surface area contributed by atoms with Crippen LogP contribution in [0.5, 0.6) is 0 Å². The minimum atomic E-state index is -0.253. The first kappa shape index (κ1) is 11.5. The highest BCUT2D eigenvalue weighted by Crippen LogP contribution is 2.27. The molecule has 0 amide bonds. The van der Waals surface area contributed by atoms with Crippen LogP contribution in [-0.2, 0) is 0 Å². The molecule has 0 spiro atoms. The van der Waals surface area contributed by atoms with Crippen LogP contribution in [0.4, 0.5) is 4.39 Å². The van der Waals surface area contributed by atoms with Crippen molar-refractivity contribution in [2.24, 2.45) is 5.92 Å². The molecule has 3 nitrogen and oxygen atoms in total. The van der Waals surface area contributed by atoms with Gasteiger partial charge in [0.1, 0.15) is 0 Å². The monoisotopic (exact) mass is 220 g/mol. The van der Waals surface area contributed by atoms with Crippen molar-refractivity contribution in [3.63, 3.8) is 0 Å². The Morgan fingerprint density at radius 1 is 1.71 bits per heavy atom. The molecule has 0 aromatic carbocycles. The number of nitrogens with zero attached hydrogens (tertiary/aromatic N) is 1. The van der Waals surface area contributed by atoms with E-state index in [2.05, 4.69) is 10.5 Å². The van der Waals surface area contributed by atoms with Gasteiger partial charge in [-0.05, 0) is 13.3 Å². The lowest BCUT2D eigenvalue weighted by Gasteiger charge is -2.03. The number of aromatic nitrogens is 1. The van der Waals surface area contributed by atoms with E-state index in [1.54, 1.807) is 0 Å². The third-order valence-electron chi connectivity index (χ3n) is 2.43. The van der Waals surface area contributed by atoms with E-state index < -0.39 is 0 Å². The number of hydrogen-bond acceptors (Lipinski definition) is 3. The fourth-order valence-corrected chi connectivity index (χ4v) is 1.69. The highest BCUT2D eigenvalue weighted by atomic mass is 35.5. The molecule has 1 aliphatic rings. The fourth-order valence-electron chi connectivity index (χ4n) is 1.69. The van der Waals surface area contributed by atoms with E-state index in [0.717, 1.165) is 24.4 Å². The molecule has 1 saturated heterocycles. The Morgan fingerprint density at radius 2 is 2.50 bits per heavy atom. The molecule has 0 saturated carbocycles. The topological polar surface area (TPSA) is 38.1 Å². The molecule has 1 aromatic rings. The van der Waals surface area contributed by atoms with Crippen LogP contribution in [0, 0.1) is 12.8 Å². The molecule has 0 aliphatic carbocycles. The summed E-state index contributed by atoms with van der Waals surface area (Å²) in [7, 11) is 0. The summed E-state index contributed by atoms with van der Waals surface area (Å²) in [5, 5.41) is 7.02. The number of rotatable bonds is 2. The van der Waals surface area contributed by atoms with Crippen LogP contribution in [0.15, 0.2) is 10.6 Å². The Balaban J connectivity index is 0.000000980. The van der Waals surface area contributed by atoms with E-state index in [0.29, 0.717) is 0 Å². The van der Waals surface area contributed by atoms with Gasteiger partial charge in [-0.25, -0.2) is 0 Å². The van der Waals surface area contributed by atoms with Gasteiger partial charge in [0.05, 0.1) is 18.4 Å². The molecular formula is C9H14ClFN2O. The second kappa shape index (κ2) is 4.75. The predicted molar refractivity (Wildman–Crippen MR) is 53.3 cm³/mol. The summed E-state index contributed by atoms with van der Waals surface area (Å²) in [6.07, 6.45) is 0.811. The Labute approximate surface area is 88.4 Å². The Kier molecular flexibility index (Phi) is 3.89. The average Bonchev–Trinajstić information content (AvgIpc) is 2.71. The summed E-state index contributed by atoms with van der Waals surface area (Å²) in [6.45, 7) is 2.37. The second-order valence-corrected chi connectivity index (χ2v) is 3.59. The van der Waals surface area contributed by atoms with Crippen LogP contribution >= 0.6 is 12.4 Å². The summed E-state index contributed by atoms with van der Waals surface area (Å²) in [5.41, 5.74) is 0.875. The molecule has 2 unspecified atom stereocenters. The van der Waals surface area contributed by atoms with Gasteiger partial charge in [0, 0.05) is 18.5 Å². The number of aryl methyl sites for hydroxylation is 1. The lowest BCUT2D eigenvalue weighted by molar-refractivity contribution is 0.337. The SMILES string of the molecule is Cc1cc(C2CC(CF)CN2)on1.Cl. The molecule has 0 bridgehead atoms. The third kappa shape index (κ3) is 2.25. The van der Waals surface area contributed by atoms with E-state index in [1.807, 2.05) is 13.0 Å². The van der Waals surface area contributed by atoms with Crippen molar-refractivity contribution in [1.82, 2.24) is 10.5 Å². The molecule has 1 aromatic heterocycles. The zero-order valence-electron chi connectivity index (χ0n) is 8.00. The Hall–Kier alpha value is -0.610. The van der Waals surface area contributed by atoms with Gasteiger partial charge >= 0.3 is 0 Å². The third-order valence-corrected chi connectivity index (χ3v) is 2.43. The lowest BCUT2D eigenvalue weighted by Crippen LogP contribution is -2.13. The van der Waals surface area contributed by atoms with E-state index in [9.17, 15) is 4.39 Å². The van der Waals surface area contributed by atoms with Crippen LogP contribution in [0.2, 0.25) is 0 Å². The number of halogens is 2. The molecule has 1 N–H and O–H groups in total. The van der Waals surface area contributed by atoms with E-state index in [-0.39, 0.29) is 31.0 Å². The summed E-state index contributed by atoms with van der Waals surface area (Å²) in [6, 6.07) is 2.06. The first-order valence-electron chi connectivity index (χ1n) is 4.52. The zero-order chi connectivity index (χ0) is 9.26. The van der Waals surface area contributed by atoms with E-state index in [4.69, 9.17) is 4.52 Å². The number of alkyl halides is 1. The first-order chi connectivity index (χ1) is 6.29. The molecular weight excluding hydrogens is 207 g/mol. The van der Waals surface area contributed by atoms with Gasteiger partial charge in [0.25, 0.3) is 0 Å². The zero-order valence-corrected chi connectivity index (χ0v) is 8.81. The molecule has 2 atom stereocenters. The summed E-state index contributed by atoms with van der Waals surface area (Å²) < 4.78 is 17.4. The maximum Gasteiger partial charge on any atom is 0.153 e. The summed E-state index contributed by atoms with van der Waals surface area (Å²) in [4.78, 5) is 0. The maximum absolute atomic E-state index is 12.3. The molecule has 2 heterocycles. The number of hydrogen-bond donors (Lipinski definition) is 1. The molecule has 1 aliphatic heterocycles. The van der Waals surface area contributed by atoms with Crippen molar-refractivity contribution in [2.75, 3.05) is 13.2 Å². The van der Waals surface area contributed by atoms with Gasteiger partial charge in [0.15, 0.2) is 5.76 Å². The second-order valence-electron chi connectivity index (χ2n) is 3.59. The van der Waals surface area contributed by atoms with Crippen LogP contribution in [0.1, 0.15) is 23.9 Å². The van der Waals surface area contributed by atoms with Crippen molar-refractivity contribution in [3.05, 3.63) is 17.5 Å². The van der Waals surface area contributed by atoms with E-state index >= 15 is 0 Å². The van der Waals surface area contributed by atoms with Crippen molar-refractivity contribution < 1.29 is 8.91 Å². The molecule has 2 rings (SSSR count). The molecule has 1 fully saturated rings. The van der Waals surface area contributed by atoms with Gasteiger partial charge in [-0.1, -0.05) is 5.16 Å². The van der Waals surface area contributed by atoms with Crippen molar-refractivity contribution in [3.8, 4) is 0 Å². The van der Waals surface area contributed by atoms with Gasteiger partial charge in [-0.2, -0.15) is 0 Å². The van der Waals surface area contributed by atoms with Crippen LogP contribution in [-0.4, -0.2) is 18.4 Å². The molecule has 14 heavy (non-hydrogen) atoms. The quantitative estimate of drug-likeness (QED) is 0.829. The normalized spacial score (nSPS) is 26.1. The van der Waals surface area contributed by atoms with Crippen molar-refractivity contribution in [2.45, 2.75) is 19.4 Å². The highest BCUT2D eigenvalue weighted by molar-refractivity contribution is 5.85. The largest absolute Gasteiger partial charge is 0.359 e. The fraction of sp³-hybridized carbons (Fsp3) is 0.667. The minimum absolute atomic E-state index is 0. The summed E-state index contributed by atoms with van der Waals surface area (Å²) >= 11 is 0.